The van der Waals surface area contributed by atoms with E-state index >= 15 is 0 Å². The van der Waals surface area contributed by atoms with Gasteiger partial charge >= 0.3 is 0 Å². The van der Waals surface area contributed by atoms with Gasteiger partial charge in [0, 0.05) is 17.7 Å². The lowest BCUT2D eigenvalue weighted by atomic mass is 10.1. The van der Waals surface area contributed by atoms with Gasteiger partial charge in [0.1, 0.15) is 11.0 Å². The van der Waals surface area contributed by atoms with E-state index in [1.165, 1.54) is 0 Å². The summed E-state index contributed by atoms with van der Waals surface area (Å²) in [6, 6.07) is 11.9. The van der Waals surface area contributed by atoms with Crippen molar-refractivity contribution in [1.29, 1.82) is 0 Å². The van der Waals surface area contributed by atoms with E-state index in [1.807, 2.05) is 30.3 Å². The summed E-state index contributed by atoms with van der Waals surface area (Å²) in [5, 5.41) is 3.81. The smallest absolute Gasteiger partial charge is 0.163 e. The van der Waals surface area contributed by atoms with Crippen molar-refractivity contribution in [1.82, 2.24) is 9.97 Å². The van der Waals surface area contributed by atoms with Gasteiger partial charge in [-0.25, -0.2) is 9.97 Å². The number of hydrogen-bond acceptors (Lipinski definition) is 3. The normalized spacial score (nSPS) is 12.5. The Morgan fingerprint density at radius 3 is 2.37 bits per heavy atom. The van der Waals surface area contributed by atoms with Crippen LogP contribution in [0.25, 0.3) is 11.4 Å². The highest BCUT2D eigenvalue weighted by Gasteiger charge is 2.10. The van der Waals surface area contributed by atoms with Crippen LogP contribution in [0.4, 0.5) is 5.82 Å². The van der Waals surface area contributed by atoms with E-state index in [0.717, 1.165) is 11.4 Å². The quantitative estimate of drug-likeness (QED) is 0.848. The van der Waals surface area contributed by atoms with Crippen molar-refractivity contribution in [3.8, 4) is 11.4 Å². The second kappa shape index (κ2) is 6.02. The Morgan fingerprint density at radius 1 is 1.05 bits per heavy atom. The van der Waals surface area contributed by atoms with Crippen molar-refractivity contribution >= 4 is 17.4 Å². The second-order valence-electron chi connectivity index (χ2n) is 4.94. The average Bonchev–Trinajstić information content (AvgIpc) is 2.39. The summed E-state index contributed by atoms with van der Waals surface area (Å²) in [5.74, 6) is 1.93. The molecule has 1 N–H and O–H groups in total. The maximum atomic E-state index is 6.07. The molecule has 0 bridgehead atoms. The number of nitrogens with one attached hydrogen (secondary N) is 1. The highest BCUT2D eigenvalue weighted by Crippen LogP contribution is 2.21. The Morgan fingerprint density at radius 2 is 1.74 bits per heavy atom. The van der Waals surface area contributed by atoms with E-state index in [1.54, 1.807) is 6.07 Å². The zero-order valence-electron chi connectivity index (χ0n) is 11.4. The van der Waals surface area contributed by atoms with Crippen LogP contribution in [-0.4, -0.2) is 16.0 Å². The fraction of sp³-hybridized carbons (Fsp3) is 0.333. The minimum absolute atomic E-state index is 0.328. The van der Waals surface area contributed by atoms with Gasteiger partial charge in [-0.3, -0.25) is 0 Å². The topological polar surface area (TPSA) is 37.8 Å². The summed E-state index contributed by atoms with van der Waals surface area (Å²) >= 11 is 6.07. The van der Waals surface area contributed by atoms with Gasteiger partial charge in [-0.05, 0) is 12.8 Å². The predicted octanol–water partition coefficient (Wildman–Crippen LogP) is 4.25. The van der Waals surface area contributed by atoms with Crippen molar-refractivity contribution in [2.75, 3.05) is 5.32 Å². The Balaban J connectivity index is 2.30. The Labute approximate surface area is 119 Å². The molecule has 0 aliphatic heterocycles. The van der Waals surface area contributed by atoms with Crippen LogP contribution >= 0.6 is 11.6 Å². The molecule has 0 radical (unpaired) electrons. The number of benzene rings is 1. The van der Waals surface area contributed by atoms with E-state index in [0.29, 0.717) is 22.9 Å². The predicted molar refractivity (Wildman–Crippen MR) is 80.4 cm³/mol. The summed E-state index contributed by atoms with van der Waals surface area (Å²) in [4.78, 5) is 8.79. The van der Waals surface area contributed by atoms with E-state index in [4.69, 9.17) is 11.6 Å². The molecule has 0 fully saturated rings. The largest absolute Gasteiger partial charge is 0.367 e. The second-order valence-corrected chi connectivity index (χ2v) is 5.33. The average molecular weight is 276 g/mol. The number of nitrogens with zero attached hydrogens (tertiary/aromatic N) is 2. The number of anilines is 1. The molecule has 1 aromatic carbocycles. The van der Waals surface area contributed by atoms with E-state index in [2.05, 4.69) is 36.1 Å². The molecule has 2 aromatic rings. The fourth-order valence-electron chi connectivity index (χ4n) is 1.61. The van der Waals surface area contributed by atoms with Crippen molar-refractivity contribution < 1.29 is 0 Å². The van der Waals surface area contributed by atoms with Crippen LogP contribution in [0.3, 0.4) is 0 Å². The van der Waals surface area contributed by atoms with Crippen LogP contribution in [-0.2, 0) is 0 Å². The first-order valence-corrected chi connectivity index (χ1v) is 6.80. The van der Waals surface area contributed by atoms with Gasteiger partial charge in [0.05, 0.1) is 0 Å². The third kappa shape index (κ3) is 3.67. The molecule has 1 unspecified atom stereocenters. The minimum Gasteiger partial charge on any atom is -0.367 e. The van der Waals surface area contributed by atoms with Crippen LogP contribution in [0.5, 0.6) is 0 Å². The summed E-state index contributed by atoms with van der Waals surface area (Å²) in [6.45, 7) is 6.46. The number of halogens is 1. The zero-order chi connectivity index (χ0) is 13.8. The molecule has 19 heavy (non-hydrogen) atoms. The van der Waals surface area contributed by atoms with Gasteiger partial charge in [0.25, 0.3) is 0 Å². The summed E-state index contributed by atoms with van der Waals surface area (Å²) < 4.78 is 0. The van der Waals surface area contributed by atoms with Gasteiger partial charge in [0.2, 0.25) is 0 Å². The molecule has 1 atom stereocenters. The molecule has 1 heterocycles. The molecule has 0 saturated carbocycles. The van der Waals surface area contributed by atoms with Gasteiger partial charge in [0.15, 0.2) is 5.82 Å². The Bertz CT molecular complexity index is 540. The van der Waals surface area contributed by atoms with Crippen LogP contribution < -0.4 is 5.32 Å². The lowest BCUT2D eigenvalue weighted by Crippen LogP contribution is -2.22. The summed E-state index contributed by atoms with van der Waals surface area (Å²) in [5.41, 5.74) is 0.963. The van der Waals surface area contributed by atoms with E-state index in [-0.39, 0.29) is 0 Å². The summed E-state index contributed by atoms with van der Waals surface area (Å²) in [7, 11) is 0. The van der Waals surface area contributed by atoms with Gasteiger partial charge in [-0.1, -0.05) is 55.8 Å². The number of rotatable bonds is 4. The van der Waals surface area contributed by atoms with E-state index in [9.17, 15) is 0 Å². The molecule has 0 spiro atoms. The van der Waals surface area contributed by atoms with Crippen molar-refractivity contribution in [3.63, 3.8) is 0 Å². The first kappa shape index (κ1) is 13.8. The van der Waals surface area contributed by atoms with Gasteiger partial charge in [-0.15, -0.1) is 0 Å². The van der Waals surface area contributed by atoms with E-state index < -0.39 is 0 Å². The molecule has 3 nitrogen and oxygen atoms in total. The first-order valence-electron chi connectivity index (χ1n) is 6.43. The highest BCUT2D eigenvalue weighted by atomic mass is 35.5. The lowest BCUT2D eigenvalue weighted by molar-refractivity contribution is 0.558. The first-order chi connectivity index (χ1) is 9.06. The SMILES string of the molecule is CC(C)C(C)Nc1cc(Cl)nc(-c2ccccc2)n1. The molecule has 0 aliphatic carbocycles. The molecule has 2 rings (SSSR count). The van der Waals surface area contributed by atoms with Crippen molar-refractivity contribution in [2.45, 2.75) is 26.8 Å². The standard InChI is InChI=1S/C15H18ClN3/c1-10(2)11(3)17-14-9-13(16)18-15(19-14)12-7-5-4-6-8-12/h4-11H,1-3H3,(H,17,18,19). The van der Waals surface area contributed by atoms with Crippen LogP contribution in [0.1, 0.15) is 20.8 Å². The summed E-state index contributed by atoms with van der Waals surface area (Å²) in [6.07, 6.45) is 0. The third-order valence-electron chi connectivity index (χ3n) is 3.10. The van der Waals surface area contributed by atoms with Crippen LogP contribution in [0.2, 0.25) is 5.15 Å². The molecular formula is C15H18ClN3. The maximum Gasteiger partial charge on any atom is 0.163 e. The molecule has 0 aliphatic rings. The van der Waals surface area contributed by atoms with Gasteiger partial charge in [-0.2, -0.15) is 0 Å². The lowest BCUT2D eigenvalue weighted by Gasteiger charge is -2.18. The Hall–Kier alpha value is -1.61. The molecule has 4 heteroatoms. The fourth-order valence-corrected chi connectivity index (χ4v) is 1.79. The molecule has 0 saturated heterocycles. The van der Waals surface area contributed by atoms with Crippen molar-refractivity contribution in [2.24, 2.45) is 5.92 Å². The van der Waals surface area contributed by atoms with Crippen molar-refractivity contribution in [3.05, 3.63) is 41.6 Å². The third-order valence-corrected chi connectivity index (χ3v) is 3.30. The van der Waals surface area contributed by atoms with Gasteiger partial charge < -0.3 is 5.32 Å². The van der Waals surface area contributed by atoms with Crippen LogP contribution in [0.15, 0.2) is 36.4 Å². The molecule has 100 valence electrons. The minimum atomic E-state index is 0.328. The Kier molecular flexibility index (Phi) is 4.38. The number of aromatic nitrogens is 2. The highest BCUT2D eigenvalue weighted by molar-refractivity contribution is 6.29. The maximum absolute atomic E-state index is 6.07. The molecular weight excluding hydrogens is 258 g/mol. The monoisotopic (exact) mass is 275 g/mol. The van der Waals surface area contributed by atoms with Crippen LogP contribution in [0, 0.1) is 5.92 Å². The zero-order valence-corrected chi connectivity index (χ0v) is 12.1. The number of hydrogen-bond donors (Lipinski definition) is 1. The molecule has 0 amide bonds. The molecule has 1 aromatic heterocycles.